The van der Waals surface area contributed by atoms with Gasteiger partial charge in [0, 0.05) is 31.7 Å². The highest BCUT2D eigenvalue weighted by atomic mass is 32.2. The molecule has 0 saturated carbocycles. The fourth-order valence-electron chi connectivity index (χ4n) is 3.76. The molecule has 1 fully saturated rings. The Balaban J connectivity index is 1.35. The van der Waals surface area contributed by atoms with Crippen LogP contribution in [-0.2, 0) is 10.0 Å². The second kappa shape index (κ2) is 9.50. The van der Waals surface area contributed by atoms with Gasteiger partial charge >= 0.3 is 0 Å². The van der Waals surface area contributed by atoms with Crippen LogP contribution in [0.25, 0.3) is 0 Å². The molecule has 0 aliphatic carbocycles. The van der Waals surface area contributed by atoms with Crippen molar-refractivity contribution in [3.63, 3.8) is 0 Å². The molecular weight excluding hydrogens is 442 g/mol. The molecule has 33 heavy (non-hydrogen) atoms. The number of carbonyl (C=O) groups excluding carboxylic acids is 2. The van der Waals surface area contributed by atoms with Crippen molar-refractivity contribution < 1.29 is 22.4 Å². The smallest absolute Gasteiger partial charge is 0.289 e. The lowest BCUT2D eigenvalue weighted by Crippen LogP contribution is -2.46. The molecule has 8 nitrogen and oxygen atoms in total. The van der Waals surface area contributed by atoms with Crippen LogP contribution in [0.4, 0.5) is 5.69 Å². The Kier molecular flexibility index (Phi) is 6.50. The minimum Gasteiger partial charge on any atom is -0.459 e. The van der Waals surface area contributed by atoms with Gasteiger partial charge in [-0.3, -0.25) is 13.9 Å². The largest absolute Gasteiger partial charge is 0.459 e. The number of rotatable bonds is 6. The molecule has 1 saturated heterocycles. The SMILES string of the molecule is CN(c1ccccc1)S(=O)(=O)c1ccc(C(=O)NC2CCN(C(=O)c3ccco3)CC2)cc1. The third kappa shape index (κ3) is 4.93. The normalized spacial score (nSPS) is 14.6. The first kappa shape index (κ1) is 22.6. The minimum atomic E-state index is -3.74. The number of hydrogen-bond acceptors (Lipinski definition) is 5. The number of nitrogens with zero attached hydrogens (tertiary/aromatic N) is 2. The lowest BCUT2D eigenvalue weighted by Gasteiger charge is -2.31. The van der Waals surface area contributed by atoms with Crippen molar-refractivity contribution in [2.45, 2.75) is 23.8 Å². The van der Waals surface area contributed by atoms with Crippen molar-refractivity contribution in [2.24, 2.45) is 0 Å². The molecule has 0 bridgehead atoms. The Hall–Kier alpha value is -3.59. The first-order valence-corrected chi connectivity index (χ1v) is 12.1. The van der Waals surface area contributed by atoms with Crippen LogP contribution in [-0.4, -0.2) is 51.3 Å². The van der Waals surface area contributed by atoms with Crippen LogP contribution in [0.5, 0.6) is 0 Å². The fraction of sp³-hybridized carbons (Fsp3) is 0.250. The van der Waals surface area contributed by atoms with E-state index in [0.717, 1.165) is 0 Å². The molecule has 1 aliphatic rings. The molecule has 2 heterocycles. The van der Waals surface area contributed by atoms with Crippen molar-refractivity contribution in [1.82, 2.24) is 10.2 Å². The van der Waals surface area contributed by atoms with Crippen LogP contribution in [0.3, 0.4) is 0 Å². The standard InChI is InChI=1S/C24H25N3O5S/c1-26(20-6-3-2-4-7-20)33(30,31)21-11-9-18(10-12-21)23(28)25-19-13-15-27(16-14-19)24(29)22-8-5-17-32-22/h2-12,17,19H,13-16H2,1H3,(H,25,28). The summed E-state index contributed by atoms with van der Waals surface area (Å²) in [5.74, 6) is -0.112. The average molecular weight is 468 g/mol. The topological polar surface area (TPSA) is 99.9 Å². The predicted molar refractivity (Wildman–Crippen MR) is 124 cm³/mol. The van der Waals surface area contributed by atoms with Gasteiger partial charge in [0.25, 0.3) is 21.8 Å². The highest BCUT2D eigenvalue weighted by Crippen LogP contribution is 2.22. The Morgan fingerprint density at radius 1 is 0.970 bits per heavy atom. The van der Waals surface area contributed by atoms with Crippen molar-refractivity contribution >= 4 is 27.5 Å². The summed E-state index contributed by atoms with van der Waals surface area (Å²) in [6.07, 6.45) is 2.73. The predicted octanol–water partition coefficient (Wildman–Crippen LogP) is 3.14. The Morgan fingerprint density at radius 2 is 1.64 bits per heavy atom. The Labute approximate surface area is 192 Å². The van der Waals surface area contributed by atoms with Crippen molar-refractivity contribution in [3.05, 3.63) is 84.3 Å². The van der Waals surface area contributed by atoms with Crippen LogP contribution in [0.15, 0.2) is 82.3 Å². The second-order valence-electron chi connectivity index (χ2n) is 7.85. The Bertz CT molecular complexity index is 1200. The number of nitrogens with one attached hydrogen (secondary N) is 1. The number of hydrogen-bond donors (Lipinski definition) is 1. The molecule has 2 aromatic carbocycles. The van der Waals surface area contributed by atoms with Crippen LogP contribution >= 0.6 is 0 Å². The van der Waals surface area contributed by atoms with Crippen molar-refractivity contribution in [1.29, 1.82) is 0 Å². The fourth-order valence-corrected chi connectivity index (χ4v) is 4.96. The number of likely N-dealkylation sites (tertiary alicyclic amines) is 1. The van der Waals surface area contributed by atoms with Gasteiger partial charge in [-0.1, -0.05) is 18.2 Å². The van der Waals surface area contributed by atoms with E-state index in [4.69, 9.17) is 4.42 Å². The van der Waals surface area contributed by atoms with Gasteiger partial charge in [0.2, 0.25) is 0 Å². The first-order chi connectivity index (χ1) is 15.9. The Morgan fingerprint density at radius 3 is 2.24 bits per heavy atom. The number of sulfonamides is 1. The summed E-state index contributed by atoms with van der Waals surface area (Å²) in [7, 11) is -2.24. The summed E-state index contributed by atoms with van der Waals surface area (Å²) in [6, 6.07) is 17.9. The molecule has 172 valence electrons. The van der Waals surface area contributed by atoms with Crippen molar-refractivity contribution in [2.75, 3.05) is 24.4 Å². The van der Waals surface area contributed by atoms with Gasteiger partial charge in [-0.05, 0) is 61.4 Å². The monoisotopic (exact) mass is 467 g/mol. The number of anilines is 1. The second-order valence-corrected chi connectivity index (χ2v) is 9.82. The first-order valence-electron chi connectivity index (χ1n) is 10.6. The molecule has 1 aromatic heterocycles. The number of carbonyl (C=O) groups is 2. The lowest BCUT2D eigenvalue weighted by atomic mass is 10.0. The summed E-state index contributed by atoms with van der Waals surface area (Å²) in [5, 5.41) is 2.98. The molecule has 1 aliphatic heterocycles. The van der Waals surface area contributed by atoms with E-state index in [0.29, 0.717) is 42.9 Å². The van der Waals surface area contributed by atoms with Gasteiger partial charge in [0.05, 0.1) is 16.8 Å². The van der Waals surface area contributed by atoms with E-state index in [1.807, 2.05) is 6.07 Å². The summed E-state index contributed by atoms with van der Waals surface area (Å²) in [4.78, 5) is 26.8. The zero-order valence-electron chi connectivity index (χ0n) is 18.2. The van der Waals surface area contributed by atoms with E-state index in [1.54, 1.807) is 41.3 Å². The van der Waals surface area contributed by atoms with Crippen LogP contribution in [0, 0.1) is 0 Å². The molecule has 0 atom stereocenters. The molecule has 0 radical (unpaired) electrons. The maximum atomic E-state index is 12.9. The highest BCUT2D eigenvalue weighted by molar-refractivity contribution is 7.92. The summed E-state index contributed by atoms with van der Waals surface area (Å²) < 4.78 is 32.1. The van der Waals surface area contributed by atoms with Crippen LogP contribution in [0.2, 0.25) is 0 Å². The average Bonchev–Trinajstić information content (AvgIpc) is 3.39. The quantitative estimate of drug-likeness (QED) is 0.600. The zero-order valence-corrected chi connectivity index (χ0v) is 19.0. The van der Waals surface area contributed by atoms with E-state index in [-0.39, 0.29) is 22.8 Å². The van der Waals surface area contributed by atoms with E-state index in [2.05, 4.69) is 5.32 Å². The molecule has 2 amide bonds. The third-order valence-electron chi connectivity index (χ3n) is 5.74. The number of benzene rings is 2. The maximum absolute atomic E-state index is 12.9. The molecule has 0 spiro atoms. The van der Waals surface area contributed by atoms with Crippen LogP contribution in [0.1, 0.15) is 33.8 Å². The van der Waals surface area contributed by atoms with Crippen LogP contribution < -0.4 is 9.62 Å². The van der Waals surface area contributed by atoms with E-state index >= 15 is 0 Å². The molecule has 1 N–H and O–H groups in total. The van der Waals surface area contributed by atoms with Gasteiger partial charge in [0.15, 0.2) is 5.76 Å². The zero-order chi connectivity index (χ0) is 23.4. The highest BCUT2D eigenvalue weighted by Gasteiger charge is 2.26. The minimum absolute atomic E-state index is 0.0641. The number of amides is 2. The maximum Gasteiger partial charge on any atom is 0.289 e. The van der Waals surface area contributed by atoms with Gasteiger partial charge < -0.3 is 14.6 Å². The van der Waals surface area contributed by atoms with Gasteiger partial charge in [-0.15, -0.1) is 0 Å². The lowest BCUT2D eigenvalue weighted by molar-refractivity contribution is 0.0667. The van der Waals surface area contributed by atoms with Gasteiger partial charge in [-0.2, -0.15) is 0 Å². The van der Waals surface area contributed by atoms with Gasteiger partial charge in [-0.25, -0.2) is 8.42 Å². The molecule has 9 heteroatoms. The third-order valence-corrected chi connectivity index (χ3v) is 7.54. The van der Waals surface area contributed by atoms with E-state index < -0.39 is 10.0 Å². The summed E-state index contributed by atoms with van der Waals surface area (Å²) >= 11 is 0. The summed E-state index contributed by atoms with van der Waals surface area (Å²) in [6.45, 7) is 1.04. The molecule has 0 unspecified atom stereocenters. The molecule has 4 rings (SSSR count). The molecule has 3 aromatic rings. The van der Waals surface area contributed by atoms with E-state index in [1.165, 1.54) is 41.9 Å². The number of furan rings is 1. The number of piperidine rings is 1. The summed E-state index contributed by atoms with van der Waals surface area (Å²) in [5.41, 5.74) is 0.932. The number of para-hydroxylation sites is 1. The van der Waals surface area contributed by atoms with Crippen molar-refractivity contribution in [3.8, 4) is 0 Å². The van der Waals surface area contributed by atoms with E-state index in [9.17, 15) is 18.0 Å². The van der Waals surface area contributed by atoms with Gasteiger partial charge in [0.1, 0.15) is 0 Å². The molecular formula is C24H25N3O5S.